The lowest BCUT2D eigenvalue weighted by molar-refractivity contribution is 0.248. The minimum Gasteiger partial charge on any atom is -0.493 e. The van der Waals surface area contributed by atoms with E-state index in [0.29, 0.717) is 25.2 Å². The maximum absolute atomic E-state index is 5.91. The molecule has 3 nitrogen and oxygen atoms in total. The lowest BCUT2D eigenvalue weighted by Gasteiger charge is -2.13. The van der Waals surface area contributed by atoms with Crippen LogP contribution in [0.15, 0.2) is 48.5 Å². The van der Waals surface area contributed by atoms with Gasteiger partial charge in [-0.25, -0.2) is 0 Å². The van der Waals surface area contributed by atoms with Crippen molar-refractivity contribution in [2.24, 2.45) is 0 Å². The predicted molar refractivity (Wildman–Crippen MR) is 84.1 cm³/mol. The van der Waals surface area contributed by atoms with Crippen molar-refractivity contribution in [2.45, 2.75) is 18.9 Å². The minimum atomic E-state index is 0.317. The van der Waals surface area contributed by atoms with Gasteiger partial charge < -0.3 is 14.8 Å². The van der Waals surface area contributed by atoms with Gasteiger partial charge in [0.05, 0.1) is 19.1 Å². The molecule has 1 aliphatic heterocycles. The van der Waals surface area contributed by atoms with Crippen LogP contribution in [0.3, 0.4) is 0 Å². The molecule has 3 heteroatoms. The fraction of sp³-hybridized carbons (Fsp3) is 0.333. The third-order valence-electron chi connectivity index (χ3n) is 4.06. The van der Waals surface area contributed by atoms with Crippen molar-refractivity contribution < 1.29 is 9.47 Å². The van der Waals surface area contributed by atoms with E-state index in [9.17, 15) is 0 Å². The zero-order valence-corrected chi connectivity index (χ0v) is 12.5. The number of rotatable bonds is 5. The van der Waals surface area contributed by atoms with Gasteiger partial charge in [-0.05, 0) is 37.7 Å². The summed E-state index contributed by atoms with van der Waals surface area (Å²) >= 11 is 0. The van der Waals surface area contributed by atoms with Gasteiger partial charge in [0.25, 0.3) is 0 Å². The molecule has 110 valence electrons. The summed E-state index contributed by atoms with van der Waals surface area (Å²) in [7, 11) is 1.96. The highest BCUT2D eigenvalue weighted by Crippen LogP contribution is 2.33. The molecule has 0 saturated carbocycles. The zero-order valence-electron chi connectivity index (χ0n) is 12.5. The SMILES string of the molecule is CNC(C)c1ccc(OCC2COc3ccccc32)cc1. The highest BCUT2D eigenvalue weighted by molar-refractivity contribution is 5.40. The maximum Gasteiger partial charge on any atom is 0.123 e. The van der Waals surface area contributed by atoms with Crippen LogP contribution in [-0.4, -0.2) is 20.3 Å². The van der Waals surface area contributed by atoms with E-state index in [1.54, 1.807) is 0 Å². The molecule has 2 aromatic rings. The first-order chi connectivity index (χ1) is 10.3. The third-order valence-corrected chi connectivity index (χ3v) is 4.06. The first-order valence-corrected chi connectivity index (χ1v) is 7.39. The number of ether oxygens (including phenoxy) is 2. The second-order valence-electron chi connectivity index (χ2n) is 5.44. The molecule has 0 fully saturated rings. The third kappa shape index (κ3) is 3.03. The Bertz CT molecular complexity index is 594. The molecule has 1 heterocycles. The number of benzene rings is 2. The molecule has 2 atom stereocenters. The zero-order chi connectivity index (χ0) is 14.7. The second-order valence-corrected chi connectivity index (χ2v) is 5.44. The lowest BCUT2D eigenvalue weighted by Crippen LogP contribution is -2.13. The summed E-state index contributed by atoms with van der Waals surface area (Å²) in [6.45, 7) is 3.49. The van der Waals surface area contributed by atoms with Crippen molar-refractivity contribution in [3.05, 3.63) is 59.7 Å². The van der Waals surface area contributed by atoms with Crippen LogP contribution in [0.5, 0.6) is 11.5 Å². The van der Waals surface area contributed by atoms with Crippen LogP contribution in [0.4, 0.5) is 0 Å². The van der Waals surface area contributed by atoms with Crippen molar-refractivity contribution in [3.8, 4) is 11.5 Å². The molecule has 1 N–H and O–H groups in total. The fourth-order valence-electron chi connectivity index (χ4n) is 2.58. The van der Waals surface area contributed by atoms with Gasteiger partial charge in [-0.15, -0.1) is 0 Å². The Morgan fingerprint density at radius 2 is 1.95 bits per heavy atom. The normalized spacial score (nSPS) is 17.9. The second kappa shape index (κ2) is 6.19. The Balaban J connectivity index is 1.61. The summed E-state index contributed by atoms with van der Waals surface area (Å²) < 4.78 is 11.6. The van der Waals surface area contributed by atoms with E-state index in [1.807, 2.05) is 31.3 Å². The quantitative estimate of drug-likeness (QED) is 0.910. The molecular weight excluding hydrogens is 262 g/mol. The molecule has 0 aliphatic carbocycles. The largest absolute Gasteiger partial charge is 0.493 e. The van der Waals surface area contributed by atoms with Gasteiger partial charge in [0.2, 0.25) is 0 Å². The number of nitrogens with one attached hydrogen (secondary N) is 1. The highest BCUT2D eigenvalue weighted by atomic mass is 16.5. The standard InChI is InChI=1S/C18H21NO2/c1-13(19-2)14-7-9-16(10-8-14)20-11-15-12-21-18-6-4-3-5-17(15)18/h3-10,13,15,19H,11-12H2,1-2H3. The van der Waals surface area contributed by atoms with Crippen LogP contribution in [0.1, 0.15) is 30.0 Å². The monoisotopic (exact) mass is 283 g/mol. The van der Waals surface area contributed by atoms with E-state index in [0.717, 1.165) is 11.5 Å². The van der Waals surface area contributed by atoms with Crippen LogP contribution in [-0.2, 0) is 0 Å². The molecule has 0 aromatic heterocycles. The molecule has 2 unspecified atom stereocenters. The van der Waals surface area contributed by atoms with E-state index >= 15 is 0 Å². The Labute approximate surface area is 125 Å². The summed E-state index contributed by atoms with van der Waals surface area (Å²) in [6, 6.07) is 16.8. The van der Waals surface area contributed by atoms with E-state index in [-0.39, 0.29) is 0 Å². The topological polar surface area (TPSA) is 30.5 Å². The predicted octanol–water partition coefficient (Wildman–Crippen LogP) is 3.52. The molecule has 0 spiro atoms. The van der Waals surface area contributed by atoms with E-state index in [1.165, 1.54) is 11.1 Å². The van der Waals surface area contributed by atoms with E-state index < -0.39 is 0 Å². The van der Waals surface area contributed by atoms with Crippen molar-refractivity contribution in [3.63, 3.8) is 0 Å². The molecule has 0 bridgehead atoms. The smallest absolute Gasteiger partial charge is 0.123 e. The molecule has 0 radical (unpaired) electrons. The van der Waals surface area contributed by atoms with Crippen LogP contribution < -0.4 is 14.8 Å². The van der Waals surface area contributed by atoms with Crippen LogP contribution in [0, 0.1) is 0 Å². The van der Waals surface area contributed by atoms with Gasteiger partial charge in [0, 0.05) is 11.6 Å². The molecule has 21 heavy (non-hydrogen) atoms. The molecule has 1 aliphatic rings. The number of hydrogen-bond donors (Lipinski definition) is 1. The van der Waals surface area contributed by atoms with Crippen LogP contribution >= 0.6 is 0 Å². The summed E-state index contributed by atoms with van der Waals surface area (Å²) in [5, 5.41) is 3.23. The van der Waals surface area contributed by atoms with Crippen molar-refractivity contribution in [1.29, 1.82) is 0 Å². The Morgan fingerprint density at radius 1 is 1.19 bits per heavy atom. The summed E-state index contributed by atoms with van der Waals surface area (Å²) in [5.41, 5.74) is 2.51. The molecular formula is C18H21NO2. The van der Waals surface area contributed by atoms with E-state index in [2.05, 4.69) is 36.5 Å². The minimum absolute atomic E-state index is 0.317. The molecule has 0 amide bonds. The average Bonchev–Trinajstić information content (AvgIpc) is 2.96. The first kappa shape index (κ1) is 14.0. The highest BCUT2D eigenvalue weighted by Gasteiger charge is 2.24. The van der Waals surface area contributed by atoms with E-state index in [4.69, 9.17) is 9.47 Å². The van der Waals surface area contributed by atoms with Gasteiger partial charge in [0.1, 0.15) is 11.5 Å². The fourth-order valence-corrected chi connectivity index (χ4v) is 2.58. The van der Waals surface area contributed by atoms with Crippen molar-refractivity contribution in [2.75, 3.05) is 20.3 Å². The number of fused-ring (bicyclic) bond motifs is 1. The van der Waals surface area contributed by atoms with Gasteiger partial charge >= 0.3 is 0 Å². The Morgan fingerprint density at radius 3 is 2.71 bits per heavy atom. The summed E-state index contributed by atoms with van der Waals surface area (Å²) in [5.74, 6) is 2.22. The van der Waals surface area contributed by atoms with Crippen LogP contribution in [0.25, 0.3) is 0 Å². The number of para-hydroxylation sites is 1. The summed E-state index contributed by atoms with van der Waals surface area (Å²) in [4.78, 5) is 0. The Hall–Kier alpha value is -2.00. The Kier molecular flexibility index (Phi) is 4.11. The molecule has 0 saturated heterocycles. The van der Waals surface area contributed by atoms with Gasteiger partial charge in [-0.1, -0.05) is 30.3 Å². The molecule has 2 aromatic carbocycles. The van der Waals surface area contributed by atoms with Crippen molar-refractivity contribution in [1.82, 2.24) is 5.32 Å². The summed E-state index contributed by atoms with van der Waals surface area (Å²) in [6.07, 6.45) is 0. The van der Waals surface area contributed by atoms with Gasteiger partial charge in [0.15, 0.2) is 0 Å². The average molecular weight is 283 g/mol. The van der Waals surface area contributed by atoms with Crippen molar-refractivity contribution >= 4 is 0 Å². The van der Waals surface area contributed by atoms with Gasteiger partial charge in [-0.3, -0.25) is 0 Å². The lowest BCUT2D eigenvalue weighted by atomic mass is 10.0. The maximum atomic E-state index is 5.91. The molecule has 3 rings (SSSR count). The van der Waals surface area contributed by atoms with Crippen LogP contribution in [0.2, 0.25) is 0 Å². The first-order valence-electron chi connectivity index (χ1n) is 7.39. The number of hydrogen-bond acceptors (Lipinski definition) is 3. The van der Waals surface area contributed by atoms with Gasteiger partial charge in [-0.2, -0.15) is 0 Å².